The van der Waals surface area contributed by atoms with Crippen LogP contribution in [0.2, 0.25) is 0 Å². The van der Waals surface area contributed by atoms with Crippen LogP contribution in [-0.4, -0.2) is 33.4 Å². The number of carbonyl (C=O) groups excluding carboxylic acids is 1. The molecular formula is C14H25N3O3. The number of amides is 1. The molecule has 0 spiro atoms. The highest BCUT2D eigenvalue weighted by atomic mass is 16.6. The zero-order chi connectivity index (χ0) is 15.3. The van der Waals surface area contributed by atoms with E-state index in [-0.39, 0.29) is 5.56 Å². The standard InChI is InChI=1S/C14H25N3O3/c1-6-7-8-17-12(18)9-11(15-17)10-16(5)13(19)20-14(2,3)4/h9,15H,6-8,10H2,1-5H3. The van der Waals surface area contributed by atoms with Gasteiger partial charge in [-0.1, -0.05) is 13.3 Å². The van der Waals surface area contributed by atoms with Gasteiger partial charge in [0.2, 0.25) is 0 Å². The molecule has 114 valence electrons. The number of aromatic nitrogens is 2. The molecule has 0 unspecified atom stereocenters. The highest BCUT2D eigenvalue weighted by Crippen LogP contribution is 2.10. The Hall–Kier alpha value is -1.72. The number of carbonyl (C=O) groups is 1. The Kier molecular flexibility index (Phi) is 5.42. The number of ether oxygens (including phenoxy) is 1. The average molecular weight is 283 g/mol. The molecule has 0 radical (unpaired) electrons. The molecule has 1 rings (SSSR count). The van der Waals surface area contributed by atoms with Gasteiger partial charge in [-0.2, -0.15) is 0 Å². The summed E-state index contributed by atoms with van der Waals surface area (Å²) in [6.45, 7) is 8.53. The van der Waals surface area contributed by atoms with Crippen molar-refractivity contribution < 1.29 is 9.53 Å². The molecule has 0 saturated carbocycles. The molecule has 0 aliphatic rings. The van der Waals surface area contributed by atoms with Gasteiger partial charge in [0, 0.05) is 19.7 Å². The molecule has 1 heterocycles. The molecule has 0 aliphatic heterocycles. The third-order valence-corrected chi connectivity index (χ3v) is 2.69. The second-order valence-electron chi connectivity index (χ2n) is 5.96. The SMILES string of the molecule is CCCCn1[nH]c(CN(C)C(=O)OC(C)(C)C)cc1=O. The maximum absolute atomic E-state index is 11.8. The van der Waals surface area contributed by atoms with Gasteiger partial charge in [-0.05, 0) is 27.2 Å². The predicted molar refractivity (Wildman–Crippen MR) is 77.7 cm³/mol. The summed E-state index contributed by atoms with van der Waals surface area (Å²) in [5.74, 6) is 0. The Morgan fingerprint density at radius 1 is 1.45 bits per heavy atom. The first kappa shape index (κ1) is 16.3. The van der Waals surface area contributed by atoms with Gasteiger partial charge < -0.3 is 9.64 Å². The van der Waals surface area contributed by atoms with Crippen LogP contribution in [0.5, 0.6) is 0 Å². The van der Waals surface area contributed by atoms with Crippen LogP contribution in [-0.2, 0) is 17.8 Å². The molecule has 1 N–H and O–H groups in total. The monoisotopic (exact) mass is 283 g/mol. The number of nitrogens with one attached hydrogen (secondary N) is 1. The molecule has 0 saturated heterocycles. The van der Waals surface area contributed by atoms with Crippen LogP contribution < -0.4 is 5.56 Å². The number of rotatable bonds is 5. The Balaban J connectivity index is 2.64. The summed E-state index contributed by atoms with van der Waals surface area (Å²) in [6, 6.07) is 1.52. The topological polar surface area (TPSA) is 67.3 Å². The fraction of sp³-hybridized carbons (Fsp3) is 0.714. The van der Waals surface area contributed by atoms with E-state index in [4.69, 9.17) is 4.74 Å². The Morgan fingerprint density at radius 3 is 2.65 bits per heavy atom. The smallest absolute Gasteiger partial charge is 0.410 e. The van der Waals surface area contributed by atoms with E-state index in [9.17, 15) is 9.59 Å². The van der Waals surface area contributed by atoms with Crippen molar-refractivity contribution in [2.24, 2.45) is 0 Å². The Labute approximate surface area is 119 Å². The first-order valence-corrected chi connectivity index (χ1v) is 6.95. The lowest BCUT2D eigenvalue weighted by molar-refractivity contribution is 0.0283. The fourth-order valence-electron chi connectivity index (χ4n) is 1.71. The van der Waals surface area contributed by atoms with Crippen LogP contribution in [0.15, 0.2) is 10.9 Å². The molecule has 1 aromatic rings. The molecule has 1 amide bonds. The van der Waals surface area contributed by atoms with Gasteiger partial charge in [-0.3, -0.25) is 14.6 Å². The van der Waals surface area contributed by atoms with Crippen molar-refractivity contribution in [1.82, 2.24) is 14.7 Å². The van der Waals surface area contributed by atoms with Crippen LogP contribution >= 0.6 is 0 Å². The molecule has 6 nitrogen and oxygen atoms in total. The van der Waals surface area contributed by atoms with Crippen molar-refractivity contribution in [3.63, 3.8) is 0 Å². The number of aromatic amines is 1. The highest BCUT2D eigenvalue weighted by Gasteiger charge is 2.20. The molecule has 20 heavy (non-hydrogen) atoms. The van der Waals surface area contributed by atoms with Gasteiger partial charge in [0.1, 0.15) is 5.60 Å². The minimum Gasteiger partial charge on any atom is -0.444 e. The molecular weight excluding hydrogens is 258 g/mol. The number of hydrogen-bond acceptors (Lipinski definition) is 3. The van der Waals surface area contributed by atoms with Gasteiger partial charge in [-0.25, -0.2) is 4.79 Å². The minimum absolute atomic E-state index is 0.0639. The number of aryl methyl sites for hydroxylation is 1. The summed E-state index contributed by atoms with van der Waals surface area (Å²) >= 11 is 0. The lowest BCUT2D eigenvalue weighted by Gasteiger charge is -2.24. The van der Waals surface area contributed by atoms with Gasteiger partial charge in [0.05, 0.1) is 12.2 Å². The quantitative estimate of drug-likeness (QED) is 0.902. The van der Waals surface area contributed by atoms with Gasteiger partial charge >= 0.3 is 6.09 Å². The van der Waals surface area contributed by atoms with Crippen LogP contribution in [0.1, 0.15) is 46.2 Å². The van der Waals surface area contributed by atoms with E-state index in [0.717, 1.165) is 12.8 Å². The second kappa shape index (κ2) is 6.63. The maximum atomic E-state index is 11.8. The van der Waals surface area contributed by atoms with Crippen molar-refractivity contribution >= 4 is 6.09 Å². The first-order chi connectivity index (χ1) is 9.23. The van der Waals surface area contributed by atoms with E-state index in [2.05, 4.69) is 12.0 Å². The van der Waals surface area contributed by atoms with Crippen molar-refractivity contribution in [3.05, 3.63) is 22.1 Å². The van der Waals surface area contributed by atoms with Gasteiger partial charge in [-0.15, -0.1) is 0 Å². The zero-order valence-corrected chi connectivity index (χ0v) is 13.0. The number of H-pyrrole nitrogens is 1. The predicted octanol–water partition coefficient (Wildman–Crippen LogP) is 2.34. The van der Waals surface area contributed by atoms with E-state index in [0.29, 0.717) is 18.8 Å². The fourth-order valence-corrected chi connectivity index (χ4v) is 1.71. The maximum Gasteiger partial charge on any atom is 0.410 e. The van der Waals surface area contributed by atoms with Crippen LogP contribution in [0.25, 0.3) is 0 Å². The van der Waals surface area contributed by atoms with Crippen molar-refractivity contribution in [2.75, 3.05) is 7.05 Å². The molecule has 0 aromatic carbocycles. The molecule has 1 aromatic heterocycles. The van der Waals surface area contributed by atoms with Gasteiger partial charge in [0.15, 0.2) is 0 Å². The number of unbranched alkanes of at least 4 members (excludes halogenated alkanes) is 1. The lowest BCUT2D eigenvalue weighted by Crippen LogP contribution is -2.33. The first-order valence-electron chi connectivity index (χ1n) is 6.95. The summed E-state index contributed by atoms with van der Waals surface area (Å²) in [6.07, 6.45) is 1.57. The summed E-state index contributed by atoms with van der Waals surface area (Å²) < 4.78 is 6.83. The Bertz CT molecular complexity index is 496. The van der Waals surface area contributed by atoms with E-state index in [1.807, 2.05) is 20.8 Å². The van der Waals surface area contributed by atoms with Crippen LogP contribution in [0.4, 0.5) is 4.79 Å². The molecule has 0 bridgehead atoms. The average Bonchev–Trinajstić information content (AvgIpc) is 2.64. The van der Waals surface area contributed by atoms with Crippen molar-refractivity contribution in [2.45, 2.75) is 59.2 Å². The van der Waals surface area contributed by atoms with E-state index in [1.165, 1.54) is 11.0 Å². The van der Waals surface area contributed by atoms with Crippen LogP contribution in [0.3, 0.4) is 0 Å². The second-order valence-corrected chi connectivity index (χ2v) is 5.96. The largest absolute Gasteiger partial charge is 0.444 e. The summed E-state index contributed by atoms with van der Waals surface area (Å²) in [5.41, 5.74) is 0.122. The number of nitrogens with zero attached hydrogens (tertiary/aromatic N) is 2. The zero-order valence-electron chi connectivity index (χ0n) is 13.0. The number of hydrogen-bond donors (Lipinski definition) is 1. The molecule has 6 heteroatoms. The van der Waals surface area contributed by atoms with E-state index < -0.39 is 11.7 Å². The summed E-state index contributed by atoms with van der Waals surface area (Å²) in [7, 11) is 1.65. The third kappa shape index (κ3) is 5.11. The van der Waals surface area contributed by atoms with Crippen molar-refractivity contribution in [1.29, 1.82) is 0 Å². The summed E-state index contributed by atoms with van der Waals surface area (Å²) in [5, 5.41) is 3.02. The van der Waals surface area contributed by atoms with E-state index in [1.54, 1.807) is 11.7 Å². The highest BCUT2D eigenvalue weighted by molar-refractivity contribution is 5.67. The molecule has 0 aliphatic carbocycles. The van der Waals surface area contributed by atoms with Crippen molar-refractivity contribution in [3.8, 4) is 0 Å². The minimum atomic E-state index is -0.522. The molecule has 0 atom stereocenters. The third-order valence-electron chi connectivity index (χ3n) is 2.69. The Morgan fingerprint density at radius 2 is 2.10 bits per heavy atom. The lowest BCUT2D eigenvalue weighted by atomic mass is 10.2. The normalized spacial score (nSPS) is 11.4. The van der Waals surface area contributed by atoms with E-state index >= 15 is 0 Å². The summed E-state index contributed by atoms with van der Waals surface area (Å²) in [4.78, 5) is 25.0. The van der Waals surface area contributed by atoms with Gasteiger partial charge in [0.25, 0.3) is 5.56 Å². The van der Waals surface area contributed by atoms with Crippen LogP contribution in [0, 0.1) is 0 Å². The molecule has 0 fully saturated rings.